The Balaban J connectivity index is 6.31. The van der Waals surface area contributed by atoms with Gasteiger partial charge < -0.3 is 68.5 Å². The smallest absolute Gasteiger partial charge is 0.333 e. The zero-order valence-corrected chi connectivity index (χ0v) is 30.1. The van der Waals surface area contributed by atoms with Crippen molar-refractivity contribution < 1.29 is 87.7 Å². The van der Waals surface area contributed by atoms with Crippen LogP contribution in [0.4, 0.5) is 0 Å². The van der Waals surface area contributed by atoms with Crippen LogP contribution in [-0.4, -0.2) is 169 Å². The van der Waals surface area contributed by atoms with Crippen LogP contribution in [0.15, 0.2) is 48.6 Å². The minimum absolute atomic E-state index is 0.0627. The van der Waals surface area contributed by atoms with E-state index < -0.39 is 139 Å². The molecule has 8 atom stereocenters. The van der Waals surface area contributed by atoms with Crippen LogP contribution >= 0.6 is 0 Å². The summed E-state index contributed by atoms with van der Waals surface area (Å²) in [6.45, 7) is 13.6. The molecular formula is C34H54O18. The van der Waals surface area contributed by atoms with Crippen LogP contribution in [0.2, 0.25) is 0 Å². The topological polar surface area (TPSA) is 263 Å². The largest absolute Gasteiger partial charge is 0.460 e. The van der Waals surface area contributed by atoms with Gasteiger partial charge in [-0.25, -0.2) is 19.2 Å². The molecule has 0 spiro atoms. The number of aliphatic hydroxyl groups is 6. The molecule has 6 N–H and O–H groups in total. The first kappa shape index (κ1) is 48.4. The molecule has 0 aromatic rings. The van der Waals surface area contributed by atoms with Gasteiger partial charge in [-0.1, -0.05) is 26.3 Å². The number of hydrogen-bond donors (Lipinski definition) is 6. The predicted octanol–water partition coefficient (Wildman–Crippen LogP) is -1.57. The van der Waals surface area contributed by atoms with Crippen LogP contribution in [0.25, 0.3) is 0 Å². The van der Waals surface area contributed by atoms with Crippen molar-refractivity contribution in [2.45, 2.75) is 76.5 Å². The zero-order valence-electron chi connectivity index (χ0n) is 30.1. The molecule has 0 radical (unpaired) electrons. The third kappa shape index (κ3) is 21.1. The number of esters is 4. The van der Waals surface area contributed by atoms with Gasteiger partial charge in [0.1, 0.15) is 75.3 Å². The van der Waals surface area contributed by atoms with Crippen LogP contribution < -0.4 is 0 Å². The van der Waals surface area contributed by atoms with E-state index in [1.165, 1.54) is 27.7 Å². The molecule has 0 aliphatic rings. The number of hydrogen-bond acceptors (Lipinski definition) is 18. The van der Waals surface area contributed by atoms with Crippen LogP contribution in [0.5, 0.6) is 0 Å². The highest BCUT2D eigenvalue weighted by Gasteiger charge is 2.38. The SMILES string of the molecule is C=C(C)C(=O)OCC(O)COC[C@H](OCC(O)COC(=O)C(=C)C)[C@@H](OCC(O)COC(=O)C(=C)C)[C@H](OCC(O)COC(=O)C(=C)C)[C@H](O)CO. The molecule has 0 bridgehead atoms. The van der Waals surface area contributed by atoms with E-state index in [9.17, 15) is 49.8 Å². The molecule has 0 aliphatic carbocycles. The summed E-state index contributed by atoms with van der Waals surface area (Å²) >= 11 is 0. The lowest BCUT2D eigenvalue weighted by atomic mass is 10.0. The van der Waals surface area contributed by atoms with Crippen molar-refractivity contribution >= 4 is 23.9 Å². The molecule has 18 nitrogen and oxygen atoms in total. The molecule has 0 aliphatic heterocycles. The van der Waals surface area contributed by atoms with Gasteiger partial charge in [-0.05, 0) is 27.7 Å². The lowest BCUT2D eigenvalue weighted by molar-refractivity contribution is -0.206. The second-order valence-corrected chi connectivity index (χ2v) is 11.9. The summed E-state index contributed by atoms with van der Waals surface area (Å²) < 4.78 is 42.7. The normalized spacial score (nSPS) is 15.8. The van der Waals surface area contributed by atoms with Crippen molar-refractivity contribution in [3.63, 3.8) is 0 Å². The minimum atomic E-state index is -1.76. The average molecular weight is 751 g/mol. The van der Waals surface area contributed by atoms with Crippen molar-refractivity contribution in [2.24, 2.45) is 0 Å². The highest BCUT2D eigenvalue weighted by Crippen LogP contribution is 2.19. The molecule has 0 aromatic heterocycles. The molecule has 4 unspecified atom stereocenters. The number of rotatable bonds is 29. The van der Waals surface area contributed by atoms with Gasteiger partial charge in [-0.3, -0.25) is 0 Å². The van der Waals surface area contributed by atoms with E-state index >= 15 is 0 Å². The Morgan fingerprint density at radius 3 is 1.10 bits per heavy atom. The number of ether oxygens (including phenoxy) is 8. The Morgan fingerprint density at radius 2 is 0.769 bits per heavy atom. The van der Waals surface area contributed by atoms with Gasteiger partial charge in [-0.2, -0.15) is 0 Å². The molecule has 0 amide bonds. The van der Waals surface area contributed by atoms with E-state index in [0.29, 0.717) is 0 Å². The summed E-state index contributed by atoms with van der Waals surface area (Å²) in [7, 11) is 0. The zero-order chi connectivity index (χ0) is 40.0. The molecule has 0 heterocycles. The van der Waals surface area contributed by atoms with Gasteiger partial charge in [0.25, 0.3) is 0 Å². The van der Waals surface area contributed by atoms with E-state index in [4.69, 9.17) is 37.9 Å². The molecule has 0 saturated heterocycles. The third-order valence-corrected chi connectivity index (χ3v) is 6.33. The molecule has 18 heteroatoms. The van der Waals surface area contributed by atoms with E-state index in [-0.39, 0.29) is 22.3 Å². The summed E-state index contributed by atoms with van der Waals surface area (Å²) in [5, 5.41) is 62.4. The first-order valence-electron chi connectivity index (χ1n) is 16.0. The maximum atomic E-state index is 11.8. The van der Waals surface area contributed by atoms with E-state index in [2.05, 4.69) is 26.3 Å². The Kier molecular flexibility index (Phi) is 24.4. The van der Waals surface area contributed by atoms with E-state index in [1.807, 2.05) is 0 Å². The standard InChI is InChI=1S/C34H54O18/c1-19(2)31(41)49-14-23(36)10-45-18-28(46-11-24(37)15-50-32(42)20(3)4)30(48-13-26(39)17-52-34(44)22(7)8)29(27(40)9-35)47-12-25(38)16-51-33(43)21(5)6/h23-30,35-40H,1,3,5,7,9-18H2,2,4,6,8H3/t23?,24?,25?,26?,27-,28+,29-,30-/m1/s1. The molecule has 52 heavy (non-hydrogen) atoms. The fourth-order valence-electron chi connectivity index (χ4n) is 3.55. The van der Waals surface area contributed by atoms with Gasteiger partial charge >= 0.3 is 23.9 Å². The Hall–Kier alpha value is -3.56. The lowest BCUT2D eigenvalue weighted by Gasteiger charge is -2.36. The maximum Gasteiger partial charge on any atom is 0.333 e. The summed E-state index contributed by atoms with van der Waals surface area (Å²) in [5.74, 6) is -3.12. The number of carbonyl (C=O) groups excluding carboxylic acids is 4. The number of carbonyl (C=O) groups is 4. The fraction of sp³-hybridized carbons (Fsp3) is 0.647. The monoisotopic (exact) mass is 750 g/mol. The second-order valence-electron chi connectivity index (χ2n) is 11.9. The fourth-order valence-corrected chi connectivity index (χ4v) is 3.55. The first-order valence-corrected chi connectivity index (χ1v) is 16.0. The molecular weight excluding hydrogens is 696 g/mol. The van der Waals surface area contributed by atoms with E-state index in [1.54, 1.807) is 0 Å². The summed E-state index contributed by atoms with van der Waals surface area (Å²) in [6.07, 6.45) is -12.0. The van der Waals surface area contributed by atoms with Crippen LogP contribution in [0.3, 0.4) is 0 Å². The van der Waals surface area contributed by atoms with Crippen molar-refractivity contribution in [1.29, 1.82) is 0 Å². The van der Waals surface area contributed by atoms with Crippen LogP contribution in [0, 0.1) is 0 Å². The molecule has 0 saturated carbocycles. The highest BCUT2D eigenvalue weighted by molar-refractivity contribution is 5.88. The Labute approximate surface area is 302 Å². The summed E-state index contributed by atoms with van der Waals surface area (Å²) in [4.78, 5) is 47.1. The second kappa shape index (κ2) is 26.2. The van der Waals surface area contributed by atoms with Crippen molar-refractivity contribution in [2.75, 3.05) is 66.1 Å². The van der Waals surface area contributed by atoms with E-state index in [0.717, 1.165) is 0 Å². The van der Waals surface area contributed by atoms with Crippen molar-refractivity contribution in [3.05, 3.63) is 48.6 Å². The minimum Gasteiger partial charge on any atom is -0.460 e. The van der Waals surface area contributed by atoms with Gasteiger partial charge in [-0.15, -0.1) is 0 Å². The molecule has 0 fully saturated rings. The van der Waals surface area contributed by atoms with Gasteiger partial charge in [0.05, 0.1) is 39.6 Å². The summed E-state index contributed by atoms with van der Waals surface area (Å²) in [5.41, 5.74) is 0.298. The molecule has 298 valence electrons. The predicted molar refractivity (Wildman–Crippen MR) is 180 cm³/mol. The Morgan fingerprint density at radius 1 is 0.462 bits per heavy atom. The number of aliphatic hydroxyl groups excluding tert-OH is 6. The maximum absolute atomic E-state index is 11.8. The molecule has 0 rings (SSSR count). The quantitative estimate of drug-likeness (QED) is 0.0287. The average Bonchev–Trinajstić information content (AvgIpc) is 3.09. The van der Waals surface area contributed by atoms with Crippen LogP contribution in [-0.2, 0) is 57.1 Å². The van der Waals surface area contributed by atoms with Crippen molar-refractivity contribution in [3.8, 4) is 0 Å². The van der Waals surface area contributed by atoms with Gasteiger partial charge in [0.15, 0.2) is 0 Å². The third-order valence-electron chi connectivity index (χ3n) is 6.33. The summed E-state index contributed by atoms with van der Waals surface area (Å²) in [6, 6.07) is 0. The lowest BCUT2D eigenvalue weighted by Crippen LogP contribution is -2.53. The van der Waals surface area contributed by atoms with Crippen molar-refractivity contribution in [1.82, 2.24) is 0 Å². The van der Waals surface area contributed by atoms with Gasteiger partial charge in [0, 0.05) is 22.3 Å². The van der Waals surface area contributed by atoms with Crippen LogP contribution in [0.1, 0.15) is 27.7 Å². The molecule has 0 aromatic carbocycles. The van der Waals surface area contributed by atoms with Gasteiger partial charge in [0.2, 0.25) is 0 Å². The Bertz CT molecular complexity index is 1180. The first-order chi connectivity index (χ1) is 24.3. The highest BCUT2D eigenvalue weighted by atomic mass is 16.6.